The van der Waals surface area contributed by atoms with E-state index in [1.165, 1.54) is 50.9 Å². The van der Waals surface area contributed by atoms with Crippen molar-refractivity contribution in [1.82, 2.24) is 0 Å². The Morgan fingerprint density at radius 1 is 0.808 bits per heavy atom. The van der Waals surface area contributed by atoms with Crippen LogP contribution in [0, 0.1) is 16.2 Å². The predicted molar refractivity (Wildman–Crippen MR) is 115 cm³/mol. The average molecular weight is 359 g/mol. The highest BCUT2D eigenvalue weighted by atomic mass is 15.1. The van der Waals surface area contributed by atoms with Crippen molar-refractivity contribution in [2.75, 3.05) is 19.6 Å². The monoisotopic (exact) mass is 358 g/mol. The number of hydrogen-bond acceptors (Lipinski definition) is 0. The van der Waals surface area contributed by atoms with Gasteiger partial charge in [-0.2, -0.15) is 0 Å². The summed E-state index contributed by atoms with van der Waals surface area (Å²) in [4.78, 5) is 1.83. The first-order valence-corrected chi connectivity index (χ1v) is 10.8. The second kappa shape index (κ2) is 7.66. The summed E-state index contributed by atoms with van der Waals surface area (Å²) in [6.07, 6.45) is 5.49. The number of likely N-dealkylation sites (tertiary alicyclic amines) is 1. The molecule has 1 N–H and O–H groups in total. The van der Waals surface area contributed by atoms with E-state index in [-0.39, 0.29) is 21.7 Å². The lowest BCUT2D eigenvalue weighted by molar-refractivity contribution is -0.887. The van der Waals surface area contributed by atoms with Crippen LogP contribution in [-0.4, -0.2) is 19.6 Å². The van der Waals surface area contributed by atoms with Crippen LogP contribution in [0.15, 0.2) is 30.3 Å². The van der Waals surface area contributed by atoms with Gasteiger partial charge in [0, 0.05) is 18.3 Å². The fraction of sp³-hybridized carbons (Fsp3) is 0.760. The summed E-state index contributed by atoms with van der Waals surface area (Å²) in [7, 11) is 0. The van der Waals surface area contributed by atoms with Gasteiger partial charge >= 0.3 is 0 Å². The molecule has 1 nitrogen and oxygen atoms in total. The highest BCUT2D eigenvalue weighted by Gasteiger charge is 2.56. The first kappa shape index (κ1) is 21.5. The summed E-state index contributed by atoms with van der Waals surface area (Å²) in [5.74, 6) is 0. The summed E-state index contributed by atoms with van der Waals surface area (Å²) in [6.45, 7) is 23.9. The molecule has 1 heterocycles. The first-order chi connectivity index (χ1) is 11.9. The maximum Gasteiger partial charge on any atom is 0.0773 e. The van der Waals surface area contributed by atoms with E-state index in [1.807, 2.05) is 4.90 Å². The third-order valence-corrected chi connectivity index (χ3v) is 8.47. The van der Waals surface area contributed by atoms with E-state index in [0.717, 1.165) is 0 Å². The largest absolute Gasteiger partial charge is 0.335 e. The summed E-state index contributed by atoms with van der Waals surface area (Å²) >= 11 is 0. The van der Waals surface area contributed by atoms with Crippen molar-refractivity contribution in [2.45, 2.75) is 86.5 Å². The fourth-order valence-corrected chi connectivity index (χ4v) is 5.27. The molecule has 26 heavy (non-hydrogen) atoms. The number of quaternary nitrogens is 1. The molecule has 2 rings (SSSR count). The Kier molecular flexibility index (Phi) is 6.33. The van der Waals surface area contributed by atoms with Gasteiger partial charge in [0.25, 0.3) is 0 Å². The van der Waals surface area contributed by atoms with Gasteiger partial charge in [0.1, 0.15) is 0 Å². The Morgan fingerprint density at radius 2 is 1.35 bits per heavy atom. The van der Waals surface area contributed by atoms with Gasteiger partial charge in [0.2, 0.25) is 0 Å². The van der Waals surface area contributed by atoms with Crippen LogP contribution in [0.2, 0.25) is 0 Å². The van der Waals surface area contributed by atoms with E-state index in [2.05, 4.69) is 85.7 Å². The Hall–Kier alpha value is -0.820. The van der Waals surface area contributed by atoms with Gasteiger partial charge in [0.15, 0.2) is 0 Å². The molecule has 0 spiro atoms. The quantitative estimate of drug-likeness (QED) is 0.656. The van der Waals surface area contributed by atoms with Crippen molar-refractivity contribution in [3.63, 3.8) is 0 Å². The number of nitrogens with one attached hydrogen (secondary N) is 1. The van der Waals surface area contributed by atoms with Gasteiger partial charge in [-0.3, -0.25) is 0 Å². The van der Waals surface area contributed by atoms with E-state index in [1.54, 1.807) is 0 Å². The van der Waals surface area contributed by atoms with Crippen LogP contribution in [0.1, 0.15) is 86.6 Å². The number of rotatable bonds is 7. The molecule has 1 heteroatoms. The molecule has 0 saturated carbocycles. The van der Waals surface area contributed by atoms with Crippen LogP contribution in [-0.2, 0) is 5.41 Å². The molecule has 1 aliphatic heterocycles. The molecule has 1 fully saturated rings. The smallest absolute Gasteiger partial charge is 0.0773 e. The van der Waals surface area contributed by atoms with Gasteiger partial charge in [-0.25, -0.2) is 0 Å². The minimum Gasteiger partial charge on any atom is -0.335 e. The van der Waals surface area contributed by atoms with E-state index in [9.17, 15) is 0 Å². The summed E-state index contributed by atoms with van der Waals surface area (Å²) < 4.78 is 0. The minimum absolute atomic E-state index is 0.111. The molecule has 0 aromatic heterocycles. The number of hydrogen-bond donors (Lipinski definition) is 1. The lowest BCUT2D eigenvalue weighted by atomic mass is 9.44. The highest BCUT2D eigenvalue weighted by molar-refractivity contribution is 5.31. The van der Waals surface area contributed by atoms with Crippen LogP contribution in [0.4, 0.5) is 0 Å². The Morgan fingerprint density at radius 3 is 1.85 bits per heavy atom. The van der Waals surface area contributed by atoms with E-state index < -0.39 is 0 Å². The van der Waals surface area contributed by atoms with Gasteiger partial charge in [-0.05, 0) is 34.7 Å². The standard InChI is InChI=1S/C25H43N/c1-22(2,3)24(6,7)25(8,21-15-10-9-11-16-21)23(4,5)17-14-20-26-18-12-13-19-26/h9-11,15-16H,12-14,17-20H2,1-8H3/p+1. The van der Waals surface area contributed by atoms with Crippen LogP contribution in [0.5, 0.6) is 0 Å². The summed E-state index contributed by atoms with van der Waals surface area (Å²) in [5, 5.41) is 0. The zero-order valence-electron chi connectivity index (χ0n) is 18.8. The maximum atomic E-state index is 2.54. The third-order valence-electron chi connectivity index (χ3n) is 8.47. The van der Waals surface area contributed by atoms with Crippen molar-refractivity contribution >= 4 is 0 Å². The second-order valence-electron chi connectivity index (χ2n) is 11.1. The second-order valence-corrected chi connectivity index (χ2v) is 11.1. The molecule has 0 aliphatic carbocycles. The maximum absolute atomic E-state index is 2.54. The van der Waals surface area contributed by atoms with Crippen LogP contribution < -0.4 is 4.90 Å². The molecule has 0 bridgehead atoms. The highest BCUT2D eigenvalue weighted by Crippen LogP contribution is 2.61. The molecule has 1 aromatic carbocycles. The van der Waals surface area contributed by atoms with Crippen molar-refractivity contribution in [3.8, 4) is 0 Å². The topological polar surface area (TPSA) is 4.44 Å². The van der Waals surface area contributed by atoms with Crippen molar-refractivity contribution in [1.29, 1.82) is 0 Å². The van der Waals surface area contributed by atoms with Gasteiger partial charge < -0.3 is 4.90 Å². The van der Waals surface area contributed by atoms with E-state index in [0.29, 0.717) is 0 Å². The van der Waals surface area contributed by atoms with E-state index in [4.69, 9.17) is 0 Å². The Labute approximate surface area is 163 Å². The minimum atomic E-state index is 0.111. The Balaban J connectivity index is 2.33. The lowest BCUT2D eigenvalue weighted by Crippen LogP contribution is -3.10. The molecule has 148 valence electrons. The van der Waals surface area contributed by atoms with Gasteiger partial charge in [-0.1, -0.05) is 85.7 Å². The summed E-state index contributed by atoms with van der Waals surface area (Å²) in [6, 6.07) is 11.3. The zero-order valence-corrected chi connectivity index (χ0v) is 18.8. The molecule has 1 unspecified atom stereocenters. The molecule has 1 atom stereocenters. The molecule has 1 aromatic rings. The Bertz CT molecular complexity index is 558. The van der Waals surface area contributed by atoms with Crippen molar-refractivity contribution in [2.24, 2.45) is 16.2 Å². The van der Waals surface area contributed by atoms with Gasteiger partial charge in [-0.15, -0.1) is 0 Å². The molecular weight excluding hydrogens is 314 g/mol. The summed E-state index contributed by atoms with van der Waals surface area (Å²) in [5.41, 5.74) is 2.25. The SMILES string of the molecule is CC(C)(C)C(C)(C)C(C)(c1ccccc1)C(C)(C)CCC[NH+]1CCCC1. The molecule has 0 radical (unpaired) electrons. The lowest BCUT2D eigenvalue weighted by Gasteiger charge is -2.60. The van der Waals surface area contributed by atoms with Crippen molar-refractivity contribution < 1.29 is 4.90 Å². The molecule has 0 amide bonds. The third kappa shape index (κ3) is 3.88. The number of benzene rings is 1. The van der Waals surface area contributed by atoms with Crippen LogP contribution >= 0.6 is 0 Å². The molecular formula is C25H44N+. The molecule has 1 aliphatic rings. The fourth-order valence-electron chi connectivity index (χ4n) is 5.27. The van der Waals surface area contributed by atoms with Crippen LogP contribution in [0.25, 0.3) is 0 Å². The van der Waals surface area contributed by atoms with Crippen molar-refractivity contribution in [3.05, 3.63) is 35.9 Å². The van der Waals surface area contributed by atoms with Crippen LogP contribution in [0.3, 0.4) is 0 Å². The normalized spacial score (nSPS) is 19.5. The van der Waals surface area contributed by atoms with E-state index >= 15 is 0 Å². The molecule has 1 saturated heterocycles. The van der Waals surface area contributed by atoms with Gasteiger partial charge in [0.05, 0.1) is 19.6 Å². The zero-order chi connectivity index (χ0) is 19.6. The first-order valence-electron chi connectivity index (χ1n) is 10.8. The predicted octanol–water partition coefficient (Wildman–Crippen LogP) is 5.50. The average Bonchev–Trinajstić information content (AvgIpc) is 3.06.